The highest BCUT2D eigenvalue weighted by molar-refractivity contribution is 7.99. The van der Waals surface area contributed by atoms with E-state index in [1.807, 2.05) is 35.7 Å². The number of hydrogen-bond donors (Lipinski definition) is 1. The van der Waals surface area contributed by atoms with Crippen molar-refractivity contribution in [3.8, 4) is 10.7 Å². The van der Waals surface area contributed by atoms with Gasteiger partial charge in [0.2, 0.25) is 11.7 Å². The van der Waals surface area contributed by atoms with Crippen LogP contribution in [0.2, 0.25) is 0 Å². The van der Waals surface area contributed by atoms with E-state index in [0.717, 1.165) is 17.1 Å². The van der Waals surface area contributed by atoms with Gasteiger partial charge in [-0.2, -0.15) is 4.80 Å². The molecule has 1 amide bonds. The summed E-state index contributed by atoms with van der Waals surface area (Å²) in [6.07, 6.45) is 0.913. The zero-order valence-corrected chi connectivity index (χ0v) is 14.6. The van der Waals surface area contributed by atoms with E-state index in [4.69, 9.17) is 0 Å². The molecular weight excluding hydrogens is 342 g/mol. The molecule has 3 rings (SSSR count). The molecule has 6 nitrogen and oxygen atoms in total. The predicted molar refractivity (Wildman–Crippen MR) is 95.9 cm³/mol. The first-order valence-corrected chi connectivity index (χ1v) is 9.44. The van der Waals surface area contributed by atoms with Crippen LogP contribution in [-0.4, -0.2) is 38.4 Å². The number of amides is 1. The van der Waals surface area contributed by atoms with Crippen LogP contribution >= 0.6 is 23.1 Å². The molecule has 0 saturated heterocycles. The van der Waals surface area contributed by atoms with Gasteiger partial charge < -0.3 is 5.32 Å². The predicted octanol–water partition coefficient (Wildman–Crippen LogP) is 2.70. The second-order valence-electron chi connectivity index (χ2n) is 4.99. The monoisotopic (exact) mass is 359 g/mol. The van der Waals surface area contributed by atoms with Gasteiger partial charge in [0.1, 0.15) is 6.54 Å². The first-order chi connectivity index (χ1) is 11.8. The van der Waals surface area contributed by atoms with Crippen LogP contribution < -0.4 is 5.32 Å². The van der Waals surface area contributed by atoms with Crippen LogP contribution in [0.25, 0.3) is 10.7 Å². The Labute approximate surface area is 148 Å². The summed E-state index contributed by atoms with van der Waals surface area (Å²) in [6.45, 7) is 0.731. The second-order valence-corrected chi connectivity index (χ2v) is 7.10. The number of benzene rings is 1. The Kier molecular flexibility index (Phi) is 5.97. The lowest BCUT2D eigenvalue weighted by Gasteiger charge is -2.04. The largest absolute Gasteiger partial charge is 0.354 e. The Morgan fingerprint density at radius 1 is 1.21 bits per heavy atom. The second kappa shape index (κ2) is 8.60. The average molecular weight is 359 g/mol. The van der Waals surface area contributed by atoms with Crippen LogP contribution in [0, 0.1) is 0 Å². The molecule has 0 atom stereocenters. The number of nitrogens with zero attached hydrogens (tertiary/aromatic N) is 4. The third-order valence-electron chi connectivity index (χ3n) is 3.13. The van der Waals surface area contributed by atoms with Crippen LogP contribution in [0.4, 0.5) is 0 Å². The minimum atomic E-state index is -0.102. The summed E-state index contributed by atoms with van der Waals surface area (Å²) in [7, 11) is 0. The number of hydrogen-bond acceptors (Lipinski definition) is 6. The van der Waals surface area contributed by atoms with Crippen LogP contribution in [0.3, 0.4) is 0 Å². The van der Waals surface area contributed by atoms with Crippen molar-refractivity contribution in [3.05, 3.63) is 47.8 Å². The molecule has 0 spiro atoms. The first kappa shape index (κ1) is 16.7. The van der Waals surface area contributed by atoms with Gasteiger partial charge in [-0.05, 0) is 41.0 Å². The van der Waals surface area contributed by atoms with Crippen LogP contribution in [0.1, 0.15) is 6.42 Å². The molecule has 0 saturated carbocycles. The number of nitrogens with one attached hydrogen (secondary N) is 1. The Hall–Kier alpha value is -2.19. The molecule has 2 aromatic heterocycles. The first-order valence-electron chi connectivity index (χ1n) is 7.57. The molecule has 24 heavy (non-hydrogen) atoms. The van der Waals surface area contributed by atoms with Gasteiger partial charge in [-0.3, -0.25) is 4.79 Å². The normalized spacial score (nSPS) is 10.7. The van der Waals surface area contributed by atoms with Gasteiger partial charge >= 0.3 is 0 Å². The van der Waals surface area contributed by atoms with E-state index in [-0.39, 0.29) is 12.5 Å². The molecule has 0 bridgehead atoms. The Morgan fingerprint density at radius 3 is 2.88 bits per heavy atom. The van der Waals surface area contributed by atoms with Crippen molar-refractivity contribution in [1.29, 1.82) is 0 Å². The van der Waals surface area contributed by atoms with Gasteiger partial charge in [0.05, 0.1) is 4.88 Å². The molecule has 2 heterocycles. The zero-order chi connectivity index (χ0) is 16.6. The van der Waals surface area contributed by atoms with Crippen LogP contribution in [0.5, 0.6) is 0 Å². The minimum absolute atomic E-state index is 0.0875. The maximum atomic E-state index is 11.9. The van der Waals surface area contributed by atoms with Gasteiger partial charge in [0.15, 0.2) is 0 Å². The van der Waals surface area contributed by atoms with E-state index in [2.05, 4.69) is 32.9 Å². The highest BCUT2D eigenvalue weighted by atomic mass is 32.2. The maximum absolute atomic E-state index is 11.9. The van der Waals surface area contributed by atoms with Crippen molar-refractivity contribution < 1.29 is 4.79 Å². The molecule has 0 aliphatic carbocycles. The molecule has 124 valence electrons. The quantitative estimate of drug-likeness (QED) is 0.494. The molecule has 0 aliphatic heterocycles. The van der Waals surface area contributed by atoms with Crippen molar-refractivity contribution >= 4 is 29.0 Å². The number of thiophene rings is 1. The molecule has 0 fully saturated rings. The molecule has 8 heteroatoms. The summed E-state index contributed by atoms with van der Waals surface area (Å²) in [5, 5.41) is 16.9. The fourth-order valence-electron chi connectivity index (χ4n) is 2.01. The van der Waals surface area contributed by atoms with Crippen molar-refractivity contribution in [2.24, 2.45) is 0 Å². The molecule has 1 N–H and O–H groups in total. The fraction of sp³-hybridized carbons (Fsp3) is 0.250. The number of thioether (sulfide) groups is 1. The van der Waals surface area contributed by atoms with Crippen molar-refractivity contribution in [2.45, 2.75) is 17.9 Å². The summed E-state index contributed by atoms with van der Waals surface area (Å²) in [6, 6.07) is 14.1. The smallest absolute Gasteiger partial charge is 0.243 e. The Morgan fingerprint density at radius 2 is 2.08 bits per heavy atom. The summed E-state index contributed by atoms with van der Waals surface area (Å²) < 4.78 is 0. The molecule has 3 aromatic rings. The SMILES string of the molecule is O=C(Cn1nnc(-c2cccs2)n1)NCCCSc1ccccc1. The number of carbonyl (C=O) groups is 1. The number of carbonyl (C=O) groups excluding carboxylic acids is 1. The molecule has 1 aromatic carbocycles. The average Bonchev–Trinajstić information content (AvgIpc) is 3.27. The van der Waals surface area contributed by atoms with Gasteiger partial charge in [-0.15, -0.1) is 33.3 Å². The lowest BCUT2D eigenvalue weighted by Crippen LogP contribution is -2.29. The number of tetrazole rings is 1. The molecular formula is C16H17N5OS2. The van der Waals surface area contributed by atoms with Gasteiger partial charge in [0, 0.05) is 11.4 Å². The third-order valence-corrected chi connectivity index (χ3v) is 5.10. The van der Waals surface area contributed by atoms with E-state index in [1.54, 1.807) is 23.1 Å². The highest BCUT2D eigenvalue weighted by Crippen LogP contribution is 2.19. The van der Waals surface area contributed by atoms with Gasteiger partial charge in [-0.25, -0.2) is 0 Å². The van der Waals surface area contributed by atoms with E-state index in [0.29, 0.717) is 12.4 Å². The minimum Gasteiger partial charge on any atom is -0.354 e. The van der Waals surface area contributed by atoms with E-state index in [9.17, 15) is 4.79 Å². The standard InChI is InChI=1S/C16H17N5OS2/c22-15(17-9-5-11-23-13-6-2-1-3-7-13)12-21-19-16(18-20-21)14-8-4-10-24-14/h1-4,6-8,10H,5,9,11-12H2,(H,17,22). The molecule has 0 radical (unpaired) electrons. The Balaban J connectivity index is 1.35. The number of aromatic nitrogens is 4. The third kappa shape index (κ3) is 4.90. The fourth-order valence-corrected chi connectivity index (χ4v) is 3.53. The molecule has 0 aliphatic rings. The van der Waals surface area contributed by atoms with E-state index < -0.39 is 0 Å². The number of rotatable bonds is 8. The summed E-state index contributed by atoms with van der Waals surface area (Å²) >= 11 is 3.33. The lowest BCUT2D eigenvalue weighted by atomic mass is 10.4. The lowest BCUT2D eigenvalue weighted by molar-refractivity contribution is -0.122. The zero-order valence-electron chi connectivity index (χ0n) is 13.0. The summed E-state index contributed by atoms with van der Waals surface area (Å²) in [5.41, 5.74) is 0. The van der Waals surface area contributed by atoms with Crippen molar-refractivity contribution in [3.63, 3.8) is 0 Å². The summed E-state index contributed by atoms with van der Waals surface area (Å²) in [4.78, 5) is 15.4. The van der Waals surface area contributed by atoms with E-state index in [1.165, 1.54) is 9.69 Å². The van der Waals surface area contributed by atoms with Crippen LogP contribution in [-0.2, 0) is 11.3 Å². The van der Waals surface area contributed by atoms with Gasteiger partial charge in [0.25, 0.3) is 0 Å². The van der Waals surface area contributed by atoms with E-state index >= 15 is 0 Å². The van der Waals surface area contributed by atoms with Gasteiger partial charge in [-0.1, -0.05) is 24.3 Å². The topological polar surface area (TPSA) is 72.7 Å². The maximum Gasteiger partial charge on any atom is 0.243 e. The molecule has 0 unspecified atom stereocenters. The summed E-state index contributed by atoms with van der Waals surface area (Å²) in [5.74, 6) is 1.42. The van der Waals surface area contributed by atoms with Crippen molar-refractivity contribution in [1.82, 2.24) is 25.5 Å². The Bertz CT molecular complexity index is 758. The van der Waals surface area contributed by atoms with Crippen LogP contribution in [0.15, 0.2) is 52.7 Å². The van der Waals surface area contributed by atoms with Crippen molar-refractivity contribution in [2.75, 3.05) is 12.3 Å². The highest BCUT2D eigenvalue weighted by Gasteiger charge is 2.09.